The van der Waals surface area contributed by atoms with Gasteiger partial charge < -0.3 is 15.3 Å². The molecule has 0 spiro atoms. The molecule has 162 valence electrons. The van der Waals surface area contributed by atoms with Gasteiger partial charge in [0.05, 0.1) is 17.6 Å². The fourth-order valence-electron chi connectivity index (χ4n) is 3.36. The van der Waals surface area contributed by atoms with E-state index in [1.165, 1.54) is 36.5 Å². The first kappa shape index (κ1) is 21.9. The average molecular weight is 425 g/mol. The van der Waals surface area contributed by atoms with Crippen molar-refractivity contribution in [3.8, 4) is 0 Å². The molecule has 0 fully saturated rings. The third-order valence-corrected chi connectivity index (χ3v) is 5.18. The molecule has 0 saturated carbocycles. The summed E-state index contributed by atoms with van der Waals surface area (Å²) in [5.74, 6) is -1.79. The SMILES string of the molecule is Cc1nn(C)c(C)c1CCN(C)c1ncc(NC(=O)c2ccc(F)cc2)cc1C(=O)O. The summed E-state index contributed by atoms with van der Waals surface area (Å²) in [4.78, 5) is 30.2. The van der Waals surface area contributed by atoms with Gasteiger partial charge >= 0.3 is 5.97 Å². The number of carbonyl (C=O) groups is 2. The normalized spacial score (nSPS) is 10.7. The highest BCUT2D eigenvalue weighted by atomic mass is 19.1. The quantitative estimate of drug-likeness (QED) is 0.603. The van der Waals surface area contributed by atoms with Gasteiger partial charge in [0.15, 0.2) is 0 Å². The minimum atomic E-state index is -1.15. The van der Waals surface area contributed by atoms with Crippen LogP contribution in [-0.2, 0) is 13.5 Å². The maximum atomic E-state index is 13.0. The number of nitrogens with zero attached hydrogens (tertiary/aromatic N) is 4. The van der Waals surface area contributed by atoms with E-state index in [1.807, 2.05) is 25.6 Å². The molecular weight excluding hydrogens is 401 g/mol. The predicted molar refractivity (Wildman–Crippen MR) is 115 cm³/mol. The Hall–Kier alpha value is -3.75. The van der Waals surface area contributed by atoms with Crippen LogP contribution in [0.15, 0.2) is 36.5 Å². The van der Waals surface area contributed by atoms with E-state index in [-0.39, 0.29) is 16.8 Å². The fraction of sp³-hybridized carbons (Fsp3) is 0.273. The fourth-order valence-corrected chi connectivity index (χ4v) is 3.36. The van der Waals surface area contributed by atoms with Gasteiger partial charge in [0.1, 0.15) is 17.2 Å². The van der Waals surface area contributed by atoms with Gasteiger partial charge in [-0.1, -0.05) is 0 Å². The molecule has 31 heavy (non-hydrogen) atoms. The predicted octanol–water partition coefficient (Wildman–Crippen LogP) is 3.20. The highest BCUT2D eigenvalue weighted by Crippen LogP contribution is 2.22. The van der Waals surface area contributed by atoms with Gasteiger partial charge in [-0.25, -0.2) is 14.2 Å². The van der Waals surface area contributed by atoms with Gasteiger partial charge in [-0.15, -0.1) is 0 Å². The van der Waals surface area contributed by atoms with E-state index < -0.39 is 17.7 Å². The topological polar surface area (TPSA) is 100 Å². The van der Waals surface area contributed by atoms with Crippen LogP contribution in [0.2, 0.25) is 0 Å². The number of benzene rings is 1. The Morgan fingerprint density at radius 3 is 2.48 bits per heavy atom. The van der Waals surface area contributed by atoms with Crippen LogP contribution in [0.4, 0.5) is 15.9 Å². The van der Waals surface area contributed by atoms with Crippen molar-refractivity contribution < 1.29 is 19.1 Å². The second kappa shape index (κ2) is 8.95. The largest absolute Gasteiger partial charge is 0.478 e. The number of aromatic nitrogens is 3. The number of halogens is 1. The summed E-state index contributed by atoms with van der Waals surface area (Å²) in [6, 6.07) is 6.42. The number of pyridine rings is 1. The number of aryl methyl sites for hydroxylation is 2. The first-order valence-electron chi connectivity index (χ1n) is 9.68. The Kier molecular flexibility index (Phi) is 6.33. The molecule has 2 N–H and O–H groups in total. The number of amides is 1. The number of rotatable bonds is 7. The van der Waals surface area contributed by atoms with E-state index in [4.69, 9.17) is 0 Å². The van der Waals surface area contributed by atoms with E-state index in [1.54, 1.807) is 11.9 Å². The second-order valence-corrected chi connectivity index (χ2v) is 7.31. The molecule has 3 rings (SSSR count). The molecular formula is C22H24FN5O3. The Bertz CT molecular complexity index is 1120. The van der Waals surface area contributed by atoms with Gasteiger partial charge in [0.25, 0.3) is 5.91 Å². The maximum absolute atomic E-state index is 13.0. The summed E-state index contributed by atoms with van der Waals surface area (Å²) >= 11 is 0. The Morgan fingerprint density at radius 1 is 1.23 bits per heavy atom. The monoisotopic (exact) mass is 425 g/mol. The van der Waals surface area contributed by atoms with Gasteiger partial charge in [-0.3, -0.25) is 9.48 Å². The smallest absolute Gasteiger partial charge is 0.339 e. The van der Waals surface area contributed by atoms with Crippen molar-refractivity contribution in [1.29, 1.82) is 0 Å². The molecule has 0 atom stereocenters. The maximum Gasteiger partial charge on any atom is 0.339 e. The van der Waals surface area contributed by atoms with Crippen LogP contribution in [-0.4, -0.2) is 45.3 Å². The lowest BCUT2D eigenvalue weighted by molar-refractivity contribution is 0.0696. The van der Waals surface area contributed by atoms with E-state index in [0.717, 1.165) is 17.0 Å². The lowest BCUT2D eigenvalue weighted by Crippen LogP contribution is -2.24. The molecule has 0 saturated heterocycles. The molecule has 1 aromatic carbocycles. The third kappa shape index (κ3) is 4.88. The van der Waals surface area contributed by atoms with Crippen molar-refractivity contribution >= 4 is 23.4 Å². The van der Waals surface area contributed by atoms with Crippen LogP contribution in [0.25, 0.3) is 0 Å². The summed E-state index contributed by atoms with van der Waals surface area (Å²) in [5, 5.41) is 16.7. The van der Waals surface area contributed by atoms with Crippen molar-refractivity contribution in [3.63, 3.8) is 0 Å². The molecule has 0 aliphatic rings. The summed E-state index contributed by atoms with van der Waals surface area (Å²) < 4.78 is 14.9. The third-order valence-electron chi connectivity index (χ3n) is 5.18. The van der Waals surface area contributed by atoms with Crippen molar-refractivity contribution in [2.75, 3.05) is 23.8 Å². The minimum absolute atomic E-state index is 0.0287. The first-order chi connectivity index (χ1) is 14.7. The summed E-state index contributed by atoms with van der Waals surface area (Å²) in [6.07, 6.45) is 2.09. The Labute approximate surface area is 179 Å². The first-order valence-corrected chi connectivity index (χ1v) is 9.68. The minimum Gasteiger partial charge on any atom is -0.478 e. The Balaban J connectivity index is 1.77. The lowest BCUT2D eigenvalue weighted by atomic mass is 10.1. The number of hydrogen-bond acceptors (Lipinski definition) is 5. The zero-order valence-corrected chi connectivity index (χ0v) is 17.8. The zero-order chi connectivity index (χ0) is 22.7. The van der Waals surface area contributed by atoms with E-state index >= 15 is 0 Å². The number of aromatic carboxylic acids is 1. The standard InChI is InChI=1S/C22H24FN5O3/c1-13-18(14(2)28(4)26-13)9-10-27(3)20-19(22(30)31)11-17(12-24-20)25-21(29)15-5-7-16(23)8-6-15/h5-8,11-12H,9-10H2,1-4H3,(H,25,29)(H,30,31). The van der Waals surface area contributed by atoms with Gasteiger partial charge in [0.2, 0.25) is 0 Å². The van der Waals surface area contributed by atoms with E-state index in [9.17, 15) is 19.1 Å². The number of carboxylic acids is 1. The number of anilines is 2. The molecule has 0 bridgehead atoms. The molecule has 2 heterocycles. The molecule has 0 aliphatic heterocycles. The number of hydrogen-bond donors (Lipinski definition) is 2. The van der Waals surface area contributed by atoms with Crippen LogP contribution >= 0.6 is 0 Å². The van der Waals surface area contributed by atoms with Gasteiger partial charge in [-0.2, -0.15) is 5.10 Å². The molecule has 2 aromatic heterocycles. The molecule has 8 nitrogen and oxygen atoms in total. The molecule has 0 aliphatic carbocycles. The van der Waals surface area contributed by atoms with Gasteiger partial charge in [0, 0.05) is 31.9 Å². The number of likely N-dealkylation sites (N-methyl/N-ethyl adjacent to an activating group) is 1. The second-order valence-electron chi connectivity index (χ2n) is 7.31. The molecule has 1 amide bonds. The average Bonchev–Trinajstić information content (AvgIpc) is 2.97. The van der Waals surface area contributed by atoms with E-state index in [2.05, 4.69) is 15.4 Å². The van der Waals surface area contributed by atoms with Crippen molar-refractivity contribution in [2.45, 2.75) is 20.3 Å². The Morgan fingerprint density at radius 2 is 1.90 bits per heavy atom. The highest BCUT2D eigenvalue weighted by molar-refractivity contribution is 6.05. The van der Waals surface area contributed by atoms with Crippen LogP contribution in [0.1, 0.15) is 37.7 Å². The van der Waals surface area contributed by atoms with E-state index in [0.29, 0.717) is 18.8 Å². The zero-order valence-electron chi connectivity index (χ0n) is 17.8. The van der Waals surface area contributed by atoms with Crippen molar-refractivity contribution in [3.05, 3.63) is 70.4 Å². The number of carboxylic acid groups (broad SMARTS) is 1. The molecule has 9 heteroatoms. The number of carbonyl (C=O) groups excluding carboxylic acids is 1. The molecule has 0 unspecified atom stereocenters. The highest BCUT2D eigenvalue weighted by Gasteiger charge is 2.18. The van der Waals surface area contributed by atoms with Crippen LogP contribution in [0.5, 0.6) is 0 Å². The molecule has 3 aromatic rings. The lowest BCUT2D eigenvalue weighted by Gasteiger charge is -2.20. The van der Waals surface area contributed by atoms with Gasteiger partial charge in [-0.05, 0) is 56.2 Å². The summed E-state index contributed by atoms with van der Waals surface area (Å²) in [7, 11) is 3.66. The van der Waals surface area contributed by atoms with Crippen LogP contribution in [0.3, 0.4) is 0 Å². The number of nitrogens with one attached hydrogen (secondary N) is 1. The van der Waals surface area contributed by atoms with Crippen LogP contribution < -0.4 is 10.2 Å². The summed E-state index contributed by atoms with van der Waals surface area (Å²) in [5.41, 5.74) is 3.59. The van der Waals surface area contributed by atoms with Crippen LogP contribution in [0, 0.1) is 19.7 Å². The molecule has 0 radical (unpaired) electrons. The van der Waals surface area contributed by atoms with Crippen molar-refractivity contribution in [2.24, 2.45) is 7.05 Å². The summed E-state index contributed by atoms with van der Waals surface area (Å²) in [6.45, 7) is 4.48. The van der Waals surface area contributed by atoms with Crippen molar-refractivity contribution in [1.82, 2.24) is 14.8 Å².